The molecule has 0 radical (unpaired) electrons. The number of rotatable bonds is 9. The van der Waals surface area contributed by atoms with Gasteiger partial charge in [-0.05, 0) is 92.4 Å². The summed E-state index contributed by atoms with van der Waals surface area (Å²) in [5.41, 5.74) is 20.7. The van der Waals surface area contributed by atoms with Crippen LogP contribution in [-0.4, -0.2) is 14.5 Å². The number of hydrogen-bond donors (Lipinski definition) is 0. The van der Waals surface area contributed by atoms with Crippen molar-refractivity contribution in [1.29, 1.82) is 0 Å². The Labute approximate surface area is 416 Å². The van der Waals surface area contributed by atoms with Gasteiger partial charge in [0.05, 0.1) is 28.1 Å². The van der Waals surface area contributed by atoms with E-state index in [-0.39, 0.29) is 5.41 Å². The molecule has 71 heavy (non-hydrogen) atoms. The number of nitrogens with zero attached hydrogens (tertiary/aromatic N) is 3. The fourth-order valence-electron chi connectivity index (χ4n) is 10.3. The van der Waals surface area contributed by atoms with Crippen molar-refractivity contribution in [2.24, 2.45) is 0 Å². The lowest BCUT2D eigenvalue weighted by molar-refractivity contribution is 0.594. The fourth-order valence-corrected chi connectivity index (χ4v) is 10.3. The lowest BCUT2D eigenvalue weighted by atomic mass is 9.83. The Morgan fingerprint density at radius 2 is 0.648 bits per heavy atom. The largest absolute Gasteiger partial charge is 0.307 e. The van der Waals surface area contributed by atoms with Crippen LogP contribution in [0.3, 0.4) is 0 Å². The Kier molecular flexibility index (Phi) is 11.1. The zero-order chi connectivity index (χ0) is 47.9. The lowest BCUT2D eigenvalue weighted by Gasteiger charge is -2.26. The quantitative estimate of drug-likeness (QED) is 0.144. The molecule has 0 unspecified atom stereocenters. The van der Waals surface area contributed by atoms with E-state index in [0.29, 0.717) is 5.82 Å². The second kappa shape index (κ2) is 18.2. The Balaban J connectivity index is 1.28. The highest BCUT2D eigenvalue weighted by atomic mass is 15.0. The number of hydrogen-bond acceptors (Lipinski definition) is 2. The molecule has 0 aliphatic rings. The number of aromatic nitrogens is 3. The third-order valence-corrected chi connectivity index (χ3v) is 13.7. The molecule has 0 amide bonds. The van der Waals surface area contributed by atoms with Crippen LogP contribution in [0.25, 0.3) is 117 Å². The van der Waals surface area contributed by atoms with Gasteiger partial charge in [-0.15, -0.1) is 0 Å². The molecule has 0 aliphatic carbocycles. The van der Waals surface area contributed by atoms with Gasteiger partial charge in [-0.1, -0.05) is 233 Å². The highest BCUT2D eigenvalue weighted by Crippen LogP contribution is 2.50. The summed E-state index contributed by atoms with van der Waals surface area (Å²) in [6, 6.07) is 91.9. The summed E-state index contributed by atoms with van der Waals surface area (Å²) in [7, 11) is 0. The van der Waals surface area contributed by atoms with E-state index in [4.69, 9.17) is 9.97 Å². The lowest BCUT2D eigenvalue weighted by Crippen LogP contribution is -2.14. The van der Waals surface area contributed by atoms with Crippen molar-refractivity contribution in [2.45, 2.75) is 26.2 Å². The van der Waals surface area contributed by atoms with Crippen molar-refractivity contribution in [1.82, 2.24) is 14.5 Å². The van der Waals surface area contributed by atoms with Crippen LogP contribution in [-0.2, 0) is 5.41 Å². The molecule has 10 aromatic carbocycles. The first-order chi connectivity index (χ1) is 34.9. The van der Waals surface area contributed by atoms with Crippen molar-refractivity contribution in [3.05, 3.63) is 260 Å². The van der Waals surface area contributed by atoms with Crippen molar-refractivity contribution < 1.29 is 0 Å². The first kappa shape index (κ1) is 43.4. The summed E-state index contributed by atoms with van der Waals surface area (Å²) < 4.78 is 2.64. The van der Waals surface area contributed by atoms with Gasteiger partial charge in [0.1, 0.15) is 0 Å². The SMILES string of the molecule is CC(C)(C)c1cc(-c2ccccc2)cc2c3cc(-c4ccccc4)cc(-c4ccccc4)c3n(-c3c(-c4ccccc4)cc(-c4cc(-c5ccccc5)nc(-c5ccccc5)n4)cc3-c3ccccc3)c12. The normalized spacial score (nSPS) is 11.6. The van der Waals surface area contributed by atoms with Gasteiger partial charge in [0, 0.05) is 44.2 Å². The van der Waals surface area contributed by atoms with Crippen molar-refractivity contribution in [2.75, 3.05) is 0 Å². The molecule has 0 N–H and O–H groups in total. The van der Waals surface area contributed by atoms with Gasteiger partial charge in [-0.3, -0.25) is 0 Å². The summed E-state index contributed by atoms with van der Waals surface area (Å²) in [6.45, 7) is 7.07. The third-order valence-electron chi connectivity index (χ3n) is 13.7. The molecule has 0 saturated carbocycles. The molecule has 2 heterocycles. The highest BCUT2D eigenvalue weighted by molar-refractivity contribution is 6.18. The van der Waals surface area contributed by atoms with Gasteiger partial charge in [0.15, 0.2) is 5.82 Å². The second-order valence-corrected chi connectivity index (χ2v) is 19.4. The molecule has 12 rings (SSSR count). The van der Waals surface area contributed by atoms with E-state index in [9.17, 15) is 0 Å². The average Bonchev–Trinajstić information content (AvgIpc) is 3.77. The highest BCUT2D eigenvalue weighted by Gasteiger charge is 2.29. The van der Waals surface area contributed by atoms with Crippen LogP contribution >= 0.6 is 0 Å². The standard InChI is InChI=1S/C68H51N3/c1-68(2,3)61-44-54(47-27-13-5-14-28-47)41-60-59-40-53(46-25-11-4-12-26-46)39-56(48-29-15-6-16-30-48)65(59)71(66(60)61)64-57(49-31-17-7-18-32-49)42-55(43-58(64)50-33-19-8-20-34-50)63-45-62(51-35-21-9-22-36-51)69-67(70-63)52-37-23-10-24-38-52/h4-45H,1-3H3. The van der Waals surface area contributed by atoms with Crippen molar-refractivity contribution in [3.63, 3.8) is 0 Å². The van der Waals surface area contributed by atoms with E-state index in [2.05, 4.69) is 274 Å². The van der Waals surface area contributed by atoms with Crippen LogP contribution in [0.5, 0.6) is 0 Å². The minimum atomic E-state index is -0.257. The smallest absolute Gasteiger partial charge is 0.160 e. The Bertz CT molecular complexity index is 3720. The van der Waals surface area contributed by atoms with E-state index in [1.165, 1.54) is 44.1 Å². The van der Waals surface area contributed by atoms with Crippen LogP contribution in [0.1, 0.15) is 26.3 Å². The van der Waals surface area contributed by atoms with Gasteiger partial charge >= 0.3 is 0 Å². The molecule has 2 aromatic heterocycles. The Morgan fingerprint density at radius 1 is 0.296 bits per heavy atom. The molecule has 0 bridgehead atoms. The number of benzene rings is 10. The van der Waals surface area contributed by atoms with E-state index in [1.54, 1.807) is 0 Å². The third kappa shape index (κ3) is 8.22. The van der Waals surface area contributed by atoms with Crippen LogP contribution in [0.15, 0.2) is 255 Å². The van der Waals surface area contributed by atoms with Crippen molar-refractivity contribution >= 4 is 21.8 Å². The molecular formula is C68H51N3. The average molecular weight is 910 g/mol. The molecule has 3 nitrogen and oxygen atoms in total. The van der Waals surface area contributed by atoms with Crippen LogP contribution in [0.2, 0.25) is 0 Å². The molecular weight excluding hydrogens is 859 g/mol. The van der Waals surface area contributed by atoms with E-state index < -0.39 is 0 Å². The van der Waals surface area contributed by atoms with Crippen LogP contribution in [0.4, 0.5) is 0 Å². The van der Waals surface area contributed by atoms with Gasteiger partial charge in [0.25, 0.3) is 0 Å². The molecule has 0 aliphatic heterocycles. The minimum Gasteiger partial charge on any atom is -0.307 e. The molecule has 0 spiro atoms. The predicted molar refractivity (Wildman–Crippen MR) is 299 cm³/mol. The maximum Gasteiger partial charge on any atom is 0.160 e. The summed E-state index contributed by atoms with van der Waals surface area (Å²) in [6.07, 6.45) is 0. The first-order valence-corrected chi connectivity index (χ1v) is 24.5. The van der Waals surface area contributed by atoms with Gasteiger partial charge in [0.2, 0.25) is 0 Å². The van der Waals surface area contributed by atoms with Crippen molar-refractivity contribution in [3.8, 4) is 95.2 Å². The van der Waals surface area contributed by atoms with Gasteiger partial charge in [-0.25, -0.2) is 9.97 Å². The number of fused-ring (bicyclic) bond motifs is 3. The van der Waals surface area contributed by atoms with E-state index in [0.717, 1.165) is 72.7 Å². The molecule has 0 fully saturated rings. The molecule has 12 aromatic rings. The molecule has 0 saturated heterocycles. The maximum absolute atomic E-state index is 5.42. The summed E-state index contributed by atoms with van der Waals surface area (Å²) >= 11 is 0. The van der Waals surface area contributed by atoms with Crippen LogP contribution in [0, 0.1) is 0 Å². The topological polar surface area (TPSA) is 30.7 Å². The summed E-state index contributed by atoms with van der Waals surface area (Å²) in [5, 5.41) is 2.40. The van der Waals surface area contributed by atoms with Gasteiger partial charge < -0.3 is 4.57 Å². The predicted octanol–water partition coefficient (Wildman–Crippen LogP) is 18.2. The first-order valence-electron chi connectivity index (χ1n) is 24.5. The van der Waals surface area contributed by atoms with Crippen LogP contribution < -0.4 is 0 Å². The van der Waals surface area contributed by atoms with E-state index >= 15 is 0 Å². The van der Waals surface area contributed by atoms with E-state index in [1.807, 2.05) is 6.07 Å². The zero-order valence-corrected chi connectivity index (χ0v) is 40.1. The molecule has 3 heteroatoms. The summed E-state index contributed by atoms with van der Waals surface area (Å²) in [4.78, 5) is 10.6. The Hall–Kier alpha value is -8.92. The minimum absolute atomic E-state index is 0.257. The second-order valence-electron chi connectivity index (χ2n) is 19.4. The zero-order valence-electron chi connectivity index (χ0n) is 40.1. The fraction of sp³-hybridized carbons (Fsp3) is 0.0588. The summed E-state index contributed by atoms with van der Waals surface area (Å²) in [5.74, 6) is 0.682. The van der Waals surface area contributed by atoms with Gasteiger partial charge in [-0.2, -0.15) is 0 Å². The maximum atomic E-state index is 5.42. The molecule has 338 valence electrons. The monoisotopic (exact) mass is 909 g/mol. The Morgan fingerprint density at radius 3 is 1.10 bits per heavy atom. The molecule has 0 atom stereocenters.